The van der Waals surface area contributed by atoms with Gasteiger partial charge in [0.25, 0.3) is 5.91 Å². The van der Waals surface area contributed by atoms with Gasteiger partial charge in [0.2, 0.25) is 0 Å². The maximum atomic E-state index is 13.2. The number of hydrogen-bond donors (Lipinski definition) is 1. The fourth-order valence-electron chi connectivity index (χ4n) is 3.75. The van der Waals surface area contributed by atoms with E-state index in [1.54, 1.807) is 12.4 Å². The highest BCUT2D eigenvalue weighted by atomic mass is 16.2. The van der Waals surface area contributed by atoms with Crippen molar-refractivity contribution in [2.75, 3.05) is 13.1 Å². The van der Waals surface area contributed by atoms with Gasteiger partial charge in [-0.1, -0.05) is 0 Å². The summed E-state index contributed by atoms with van der Waals surface area (Å²) in [5.74, 6) is 1.32. The average molecular weight is 334 g/mol. The molecule has 0 bridgehead atoms. The topological polar surface area (TPSA) is 61.9 Å². The van der Waals surface area contributed by atoms with Crippen molar-refractivity contribution in [1.29, 1.82) is 0 Å². The number of piperidine rings is 1. The molecule has 0 radical (unpaired) electrons. The van der Waals surface area contributed by atoms with Crippen molar-refractivity contribution in [1.82, 2.24) is 19.9 Å². The molecule has 1 unspecified atom stereocenters. The van der Waals surface area contributed by atoms with Gasteiger partial charge in [0.15, 0.2) is 0 Å². The number of aryl methyl sites for hydroxylation is 2. The number of likely N-dealkylation sites (tertiary alicyclic amines) is 1. The van der Waals surface area contributed by atoms with E-state index in [1.807, 2.05) is 30.2 Å². The van der Waals surface area contributed by atoms with E-state index in [0.717, 1.165) is 47.2 Å². The van der Waals surface area contributed by atoms with Crippen LogP contribution in [0.2, 0.25) is 0 Å². The SMILES string of the molecule is Cc1cc(C(=O)N2CCCC(c3ncc[nH]3)C2)c2nccc(C)c2c1. The highest BCUT2D eigenvalue weighted by Crippen LogP contribution is 2.28. The van der Waals surface area contributed by atoms with Crippen molar-refractivity contribution in [3.05, 3.63) is 59.3 Å². The minimum absolute atomic E-state index is 0.0723. The summed E-state index contributed by atoms with van der Waals surface area (Å²) >= 11 is 0. The standard InChI is InChI=1S/C20H22N4O/c1-13-10-16-14(2)5-6-21-18(16)17(11-13)20(25)24-9-3-4-15(12-24)19-22-7-8-23-19/h5-8,10-11,15H,3-4,9,12H2,1-2H3,(H,22,23). The third-order valence-corrected chi connectivity index (χ3v) is 5.05. The molecule has 1 aromatic carbocycles. The van der Waals surface area contributed by atoms with Gasteiger partial charge >= 0.3 is 0 Å². The Kier molecular flexibility index (Phi) is 3.99. The van der Waals surface area contributed by atoms with Gasteiger partial charge in [-0.15, -0.1) is 0 Å². The molecule has 1 atom stereocenters. The maximum Gasteiger partial charge on any atom is 0.256 e. The van der Waals surface area contributed by atoms with Crippen LogP contribution in [0.3, 0.4) is 0 Å². The number of aromatic amines is 1. The minimum atomic E-state index is 0.0723. The zero-order valence-corrected chi connectivity index (χ0v) is 14.6. The summed E-state index contributed by atoms with van der Waals surface area (Å²) in [6.45, 7) is 5.58. The molecule has 0 aliphatic carbocycles. The van der Waals surface area contributed by atoms with Gasteiger partial charge < -0.3 is 9.88 Å². The quantitative estimate of drug-likeness (QED) is 0.779. The maximum absolute atomic E-state index is 13.2. The van der Waals surface area contributed by atoms with Crippen molar-refractivity contribution in [3.63, 3.8) is 0 Å². The number of carbonyl (C=O) groups is 1. The van der Waals surface area contributed by atoms with Crippen LogP contribution < -0.4 is 0 Å². The summed E-state index contributed by atoms with van der Waals surface area (Å²) in [4.78, 5) is 27.3. The van der Waals surface area contributed by atoms with E-state index in [-0.39, 0.29) is 11.8 Å². The number of amides is 1. The lowest BCUT2D eigenvalue weighted by Gasteiger charge is -2.32. The van der Waals surface area contributed by atoms with Crippen molar-refractivity contribution in [2.45, 2.75) is 32.6 Å². The molecular weight excluding hydrogens is 312 g/mol. The summed E-state index contributed by atoms with van der Waals surface area (Å²) < 4.78 is 0. The molecular formula is C20H22N4O. The summed E-state index contributed by atoms with van der Waals surface area (Å²) in [6.07, 6.45) is 7.45. The second-order valence-electron chi connectivity index (χ2n) is 6.90. The van der Waals surface area contributed by atoms with Gasteiger partial charge in [-0.3, -0.25) is 9.78 Å². The Morgan fingerprint density at radius 3 is 2.92 bits per heavy atom. The van der Waals surface area contributed by atoms with Gasteiger partial charge in [-0.2, -0.15) is 0 Å². The molecule has 25 heavy (non-hydrogen) atoms. The van der Waals surface area contributed by atoms with Gasteiger partial charge in [0, 0.05) is 43.0 Å². The molecule has 1 saturated heterocycles. The Balaban J connectivity index is 1.69. The van der Waals surface area contributed by atoms with Crippen LogP contribution in [-0.4, -0.2) is 38.8 Å². The van der Waals surface area contributed by atoms with E-state index in [9.17, 15) is 4.79 Å². The highest BCUT2D eigenvalue weighted by molar-refractivity contribution is 6.06. The highest BCUT2D eigenvalue weighted by Gasteiger charge is 2.28. The Hall–Kier alpha value is -2.69. The second kappa shape index (κ2) is 6.31. The molecule has 0 spiro atoms. The molecule has 3 aromatic rings. The molecule has 0 saturated carbocycles. The Morgan fingerprint density at radius 1 is 1.24 bits per heavy atom. The fraction of sp³-hybridized carbons (Fsp3) is 0.350. The molecule has 5 heteroatoms. The van der Waals surface area contributed by atoms with Gasteiger partial charge in [-0.25, -0.2) is 4.98 Å². The van der Waals surface area contributed by atoms with E-state index in [2.05, 4.69) is 27.9 Å². The zero-order valence-electron chi connectivity index (χ0n) is 14.6. The monoisotopic (exact) mass is 334 g/mol. The van der Waals surface area contributed by atoms with Crippen LogP contribution in [0.1, 0.15) is 46.1 Å². The number of imidazole rings is 1. The summed E-state index contributed by atoms with van der Waals surface area (Å²) in [6, 6.07) is 6.06. The molecule has 1 amide bonds. The van der Waals surface area contributed by atoms with Crippen LogP contribution in [0, 0.1) is 13.8 Å². The van der Waals surface area contributed by atoms with Crippen molar-refractivity contribution in [3.8, 4) is 0 Å². The summed E-state index contributed by atoms with van der Waals surface area (Å²) in [5.41, 5.74) is 3.75. The zero-order chi connectivity index (χ0) is 17.4. The molecule has 4 rings (SSSR count). The van der Waals surface area contributed by atoms with Crippen LogP contribution >= 0.6 is 0 Å². The van der Waals surface area contributed by atoms with Crippen LogP contribution in [0.5, 0.6) is 0 Å². The number of nitrogens with zero attached hydrogens (tertiary/aromatic N) is 3. The van der Waals surface area contributed by atoms with Crippen molar-refractivity contribution >= 4 is 16.8 Å². The molecule has 1 aliphatic heterocycles. The Bertz CT molecular complexity index is 917. The number of nitrogens with one attached hydrogen (secondary N) is 1. The fourth-order valence-corrected chi connectivity index (χ4v) is 3.75. The van der Waals surface area contributed by atoms with E-state index in [1.165, 1.54) is 0 Å². The third kappa shape index (κ3) is 2.90. The van der Waals surface area contributed by atoms with Gasteiger partial charge in [-0.05, 0) is 56.0 Å². The predicted octanol–water partition coefficient (Wildman–Crippen LogP) is 3.59. The second-order valence-corrected chi connectivity index (χ2v) is 6.90. The normalized spacial score (nSPS) is 17.8. The average Bonchev–Trinajstić information content (AvgIpc) is 3.16. The first-order valence-electron chi connectivity index (χ1n) is 8.78. The number of H-pyrrole nitrogens is 1. The van der Waals surface area contributed by atoms with Crippen LogP contribution in [0.15, 0.2) is 36.8 Å². The van der Waals surface area contributed by atoms with E-state index < -0.39 is 0 Å². The lowest BCUT2D eigenvalue weighted by molar-refractivity contribution is 0.0706. The van der Waals surface area contributed by atoms with E-state index in [4.69, 9.17) is 0 Å². The predicted molar refractivity (Wildman–Crippen MR) is 97.7 cm³/mol. The number of hydrogen-bond acceptors (Lipinski definition) is 3. The van der Waals surface area contributed by atoms with Crippen molar-refractivity contribution in [2.24, 2.45) is 0 Å². The number of aromatic nitrogens is 3. The number of rotatable bonds is 2. The number of carbonyl (C=O) groups excluding carboxylic acids is 1. The number of pyridine rings is 1. The van der Waals surface area contributed by atoms with E-state index >= 15 is 0 Å². The number of fused-ring (bicyclic) bond motifs is 1. The van der Waals surface area contributed by atoms with E-state index in [0.29, 0.717) is 12.1 Å². The molecule has 1 aliphatic rings. The smallest absolute Gasteiger partial charge is 0.256 e. The molecule has 3 heterocycles. The summed E-state index contributed by atoms with van der Waals surface area (Å²) in [5, 5.41) is 1.06. The van der Waals surface area contributed by atoms with Crippen LogP contribution in [-0.2, 0) is 0 Å². The minimum Gasteiger partial charge on any atom is -0.348 e. The Morgan fingerprint density at radius 2 is 2.12 bits per heavy atom. The van der Waals surface area contributed by atoms with Crippen LogP contribution in [0.4, 0.5) is 0 Å². The first kappa shape index (κ1) is 15.8. The molecule has 1 fully saturated rings. The third-order valence-electron chi connectivity index (χ3n) is 5.05. The molecule has 2 aromatic heterocycles. The molecule has 128 valence electrons. The number of benzene rings is 1. The lowest BCUT2D eigenvalue weighted by atomic mass is 9.95. The largest absolute Gasteiger partial charge is 0.348 e. The first-order chi connectivity index (χ1) is 12.1. The van der Waals surface area contributed by atoms with Crippen molar-refractivity contribution < 1.29 is 4.79 Å². The Labute approximate surface area is 147 Å². The first-order valence-corrected chi connectivity index (χ1v) is 8.78. The lowest BCUT2D eigenvalue weighted by Crippen LogP contribution is -2.39. The molecule has 1 N–H and O–H groups in total. The summed E-state index contributed by atoms with van der Waals surface area (Å²) in [7, 11) is 0. The van der Waals surface area contributed by atoms with Gasteiger partial charge in [0.05, 0.1) is 11.1 Å². The van der Waals surface area contributed by atoms with Crippen LogP contribution in [0.25, 0.3) is 10.9 Å². The van der Waals surface area contributed by atoms with Gasteiger partial charge in [0.1, 0.15) is 5.82 Å². The molecule has 5 nitrogen and oxygen atoms in total.